The zero-order valence-electron chi connectivity index (χ0n) is 10.4. The van der Waals surface area contributed by atoms with Crippen LogP contribution in [-0.4, -0.2) is 37.1 Å². The van der Waals surface area contributed by atoms with Crippen molar-refractivity contribution >= 4 is 33.2 Å². The highest BCUT2D eigenvalue weighted by Crippen LogP contribution is 2.31. The van der Waals surface area contributed by atoms with Crippen molar-refractivity contribution in [1.29, 1.82) is 0 Å². The lowest BCUT2D eigenvalue weighted by atomic mass is 10.2. The van der Waals surface area contributed by atoms with Gasteiger partial charge in [-0.05, 0) is 30.5 Å². The predicted molar refractivity (Wildman–Crippen MR) is 80.9 cm³/mol. The van der Waals surface area contributed by atoms with Crippen LogP contribution in [0.25, 0.3) is 0 Å². The van der Waals surface area contributed by atoms with Crippen LogP contribution in [0.4, 0.5) is 5.69 Å². The first-order chi connectivity index (χ1) is 8.78. The fraction of sp³-hybridized carbons (Fsp3) is 0.571. The summed E-state index contributed by atoms with van der Waals surface area (Å²) in [5.41, 5.74) is 2.43. The summed E-state index contributed by atoms with van der Waals surface area (Å²) in [6.07, 6.45) is 2.81. The number of hydrogen-bond donors (Lipinski definition) is 0. The molecule has 0 aromatic heterocycles. The molecule has 3 rings (SSSR count). The third-order valence-electron chi connectivity index (χ3n) is 3.88. The molecule has 1 aromatic carbocycles. The van der Waals surface area contributed by atoms with Gasteiger partial charge in [-0.15, -0.1) is 0 Å². The van der Waals surface area contributed by atoms with Crippen LogP contribution in [0.5, 0.6) is 0 Å². The molecule has 0 atom stereocenters. The van der Waals surface area contributed by atoms with E-state index in [-0.39, 0.29) is 0 Å². The minimum Gasteiger partial charge on any atom is -0.368 e. The van der Waals surface area contributed by atoms with E-state index in [1.807, 2.05) is 0 Å². The molecule has 0 radical (unpaired) electrons. The molecule has 2 aliphatic rings. The third-order valence-corrected chi connectivity index (χ3v) is 4.83. The number of rotatable bonds is 3. The van der Waals surface area contributed by atoms with E-state index in [1.165, 1.54) is 37.2 Å². The Morgan fingerprint density at radius 3 is 2.44 bits per heavy atom. The standard InChI is InChI=1S/C14H18BrClN2/c15-10-11-1-4-14(13(16)9-11)18-7-5-17(6-8-18)12-2-3-12/h1,4,9,12H,2-3,5-8,10H2. The average molecular weight is 330 g/mol. The molecule has 1 saturated carbocycles. The first-order valence-corrected chi connectivity index (χ1v) is 8.11. The van der Waals surface area contributed by atoms with Gasteiger partial charge in [-0.25, -0.2) is 0 Å². The summed E-state index contributed by atoms with van der Waals surface area (Å²) in [6.45, 7) is 4.57. The normalized spacial score (nSPS) is 21.3. The van der Waals surface area contributed by atoms with Gasteiger partial charge < -0.3 is 4.90 Å². The molecule has 2 fully saturated rings. The number of benzene rings is 1. The van der Waals surface area contributed by atoms with Crippen LogP contribution in [0, 0.1) is 0 Å². The minimum atomic E-state index is 0.864. The van der Waals surface area contributed by atoms with Crippen molar-refractivity contribution in [3.05, 3.63) is 28.8 Å². The van der Waals surface area contributed by atoms with Crippen LogP contribution in [0.3, 0.4) is 0 Å². The summed E-state index contributed by atoms with van der Waals surface area (Å²) in [4.78, 5) is 5.04. The highest BCUT2D eigenvalue weighted by atomic mass is 79.9. The predicted octanol–water partition coefficient (Wildman–Crippen LogP) is 3.52. The largest absolute Gasteiger partial charge is 0.368 e. The molecule has 0 unspecified atom stereocenters. The van der Waals surface area contributed by atoms with Crippen LogP contribution < -0.4 is 4.90 Å². The Hall–Kier alpha value is -0.250. The number of halogens is 2. The SMILES string of the molecule is Clc1cc(CBr)ccc1N1CCN(C2CC2)CC1. The van der Waals surface area contributed by atoms with Gasteiger partial charge in [0.25, 0.3) is 0 Å². The highest BCUT2D eigenvalue weighted by Gasteiger charge is 2.31. The molecule has 2 nitrogen and oxygen atoms in total. The van der Waals surface area contributed by atoms with Gasteiger partial charge in [-0.3, -0.25) is 4.90 Å². The van der Waals surface area contributed by atoms with E-state index in [0.717, 1.165) is 29.5 Å². The number of nitrogens with zero attached hydrogens (tertiary/aromatic N) is 2. The van der Waals surface area contributed by atoms with E-state index in [9.17, 15) is 0 Å². The van der Waals surface area contributed by atoms with Gasteiger partial charge in [0, 0.05) is 37.6 Å². The second kappa shape index (κ2) is 5.40. The number of piperazine rings is 1. The van der Waals surface area contributed by atoms with Crippen molar-refractivity contribution in [2.24, 2.45) is 0 Å². The molecule has 0 spiro atoms. The summed E-state index contributed by atoms with van der Waals surface area (Å²) in [7, 11) is 0. The molecule has 4 heteroatoms. The summed E-state index contributed by atoms with van der Waals surface area (Å²) in [5, 5.41) is 1.74. The maximum Gasteiger partial charge on any atom is 0.0642 e. The molecule has 0 N–H and O–H groups in total. The Morgan fingerprint density at radius 2 is 1.89 bits per heavy atom. The van der Waals surface area contributed by atoms with Crippen LogP contribution in [0.15, 0.2) is 18.2 Å². The van der Waals surface area contributed by atoms with Crippen molar-refractivity contribution in [2.75, 3.05) is 31.1 Å². The molecule has 1 aliphatic carbocycles. The van der Waals surface area contributed by atoms with Gasteiger partial charge in [0.1, 0.15) is 0 Å². The van der Waals surface area contributed by atoms with Crippen molar-refractivity contribution in [2.45, 2.75) is 24.2 Å². The monoisotopic (exact) mass is 328 g/mol. The minimum absolute atomic E-state index is 0.864. The molecule has 1 aliphatic heterocycles. The lowest BCUT2D eigenvalue weighted by Gasteiger charge is -2.36. The van der Waals surface area contributed by atoms with Crippen LogP contribution >= 0.6 is 27.5 Å². The van der Waals surface area contributed by atoms with E-state index in [4.69, 9.17) is 11.6 Å². The van der Waals surface area contributed by atoms with E-state index in [2.05, 4.69) is 43.9 Å². The third kappa shape index (κ3) is 2.68. The van der Waals surface area contributed by atoms with Gasteiger partial charge in [0.2, 0.25) is 0 Å². The smallest absolute Gasteiger partial charge is 0.0642 e. The molecule has 1 saturated heterocycles. The first kappa shape index (κ1) is 12.8. The van der Waals surface area contributed by atoms with E-state index < -0.39 is 0 Å². The van der Waals surface area contributed by atoms with Gasteiger partial charge in [0.15, 0.2) is 0 Å². The van der Waals surface area contributed by atoms with Gasteiger partial charge >= 0.3 is 0 Å². The van der Waals surface area contributed by atoms with Crippen LogP contribution in [0.1, 0.15) is 18.4 Å². The highest BCUT2D eigenvalue weighted by molar-refractivity contribution is 9.08. The van der Waals surface area contributed by atoms with Crippen molar-refractivity contribution in [1.82, 2.24) is 4.90 Å². The quantitative estimate of drug-likeness (QED) is 0.783. The molecule has 98 valence electrons. The van der Waals surface area contributed by atoms with Crippen molar-refractivity contribution in [3.8, 4) is 0 Å². The molecule has 18 heavy (non-hydrogen) atoms. The zero-order chi connectivity index (χ0) is 12.5. The van der Waals surface area contributed by atoms with Crippen molar-refractivity contribution in [3.63, 3.8) is 0 Å². The first-order valence-electron chi connectivity index (χ1n) is 6.61. The Kier molecular flexibility index (Phi) is 3.83. The van der Waals surface area contributed by atoms with Gasteiger partial charge in [0.05, 0.1) is 10.7 Å². The molecular weight excluding hydrogens is 312 g/mol. The Morgan fingerprint density at radius 1 is 1.17 bits per heavy atom. The second-order valence-corrected chi connectivity index (χ2v) is 6.14. The van der Waals surface area contributed by atoms with Crippen LogP contribution in [-0.2, 0) is 5.33 Å². The molecule has 0 amide bonds. The topological polar surface area (TPSA) is 6.48 Å². The summed E-state index contributed by atoms with van der Waals surface area (Å²) >= 11 is 9.84. The summed E-state index contributed by atoms with van der Waals surface area (Å²) < 4.78 is 0. The zero-order valence-corrected chi connectivity index (χ0v) is 12.8. The maximum absolute atomic E-state index is 6.38. The summed E-state index contributed by atoms with van der Waals surface area (Å²) in [5.74, 6) is 0. The average Bonchev–Trinajstić information content (AvgIpc) is 3.23. The Bertz CT molecular complexity index is 426. The maximum atomic E-state index is 6.38. The van der Waals surface area contributed by atoms with Gasteiger partial charge in [-0.1, -0.05) is 33.6 Å². The lowest BCUT2D eigenvalue weighted by molar-refractivity contribution is 0.248. The van der Waals surface area contributed by atoms with E-state index >= 15 is 0 Å². The Balaban J connectivity index is 1.68. The lowest BCUT2D eigenvalue weighted by Crippen LogP contribution is -2.47. The summed E-state index contributed by atoms with van der Waals surface area (Å²) in [6, 6.07) is 7.27. The van der Waals surface area contributed by atoms with E-state index in [0.29, 0.717) is 0 Å². The van der Waals surface area contributed by atoms with Gasteiger partial charge in [-0.2, -0.15) is 0 Å². The molecule has 1 aromatic rings. The number of anilines is 1. The molecule has 1 heterocycles. The fourth-order valence-electron chi connectivity index (χ4n) is 2.66. The van der Waals surface area contributed by atoms with Crippen molar-refractivity contribution < 1.29 is 0 Å². The fourth-order valence-corrected chi connectivity index (χ4v) is 3.33. The Labute approximate surface area is 122 Å². The number of alkyl halides is 1. The van der Waals surface area contributed by atoms with E-state index in [1.54, 1.807) is 0 Å². The molecule has 0 bridgehead atoms. The van der Waals surface area contributed by atoms with Crippen LogP contribution in [0.2, 0.25) is 5.02 Å². The second-order valence-electron chi connectivity index (χ2n) is 5.17. The number of hydrogen-bond acceptors (Lipinski definition) is 2. The molecular formula is C14H18BrClN2.